The SMILES string of the molecule is O=C(O)NCCc1ccc(Cl)c(Cl)c1. The average molecular weight is 234 g/mol. The van der Waals surface area contributed by atoms with E-state index in [9.17, 15) is 4.79 Å². The van der Waals surface area contributed by atoms with Crippen molar-refractivity contribution in [1.82, 2.24) is 5.32 Å². The quantitative estimate of drug-likeness (QED) is 0.844. The number of carboxylic acid groups (broad SMARTS) is 1. The van der Waals surface area contributed by atoms with Crippen molar-refractivity contribution in [1.29, 1.82) is 0 Å². The molecule has 2 N–H and O–H groups in total. The Morgan fingerprint density at radius 1 is 1.36 bits per heavy atom. The molecule has 0 atom stereocenters. The Bertz CT molecular complexity index is 342. The summed E-state index contributed by atoms with van der Waals surface area (Å²) in [5.74, 6) is 0. The van der Waals surface area contributed by atoms with Crippen molar-refractivity contribution in [3.05, 3.63) is 33.8 Å². The summed E-state index contributed by atoms with van der Waals surface area (Å²) in [5, 5.41) is 11.6. The van der Waals surface area contributed by atoms with E-state index in [0.717, 1.165) is 5.56 Å². The Labute approximate surface area is 91.6 Å². The van der Waals surface area contributed by atoms with E-state index in [0.29, 0.717) is 23.0 Å². The van der Waals surface area contributed by atoms with Gasteiger partial charge >= 0.3 is 6.09 Å². The summed E-state index contributed by atoms with van der Waals surface area (Å²) >= 11 is 11.5. The Balaban J connectivity index is 2.51. The van der Waals surface area contributed by atoms with Gasteiger partial charge in [0.2, 0.25) is 0 Å². The summed E-state index contributed by atoms with van der Waals surface area (Å²) in [7, 11) is 0. The second kappa shape index (κ2) is 5.08. The molecule has 0 bridgehead atoms. The van der Waals surface area contributed by atoms with Crippen molar-refractivity contribution in [2.75, 3.05) is 6.54 Å². The minimum absolute atomic E-state index is 0.368. The monoisotopic (exact) mass is 233 g/mol. The summed E-state index contributed by atoms with van der Waals surface area (Å²) in [5.41, 5.74) is 0.952. The molecule has 76 valence electrons. The van der Waals surface area contributed by atoms with Gasteiger partial charge in [-0.1, -0.05) is 29.3 Å². The van der Waals surface area contributed by atoms with Gasteiger partial charge in [-0.2, -0.15) is 0 Å². The van der Waals surface area contributed by atoms with Gasteiger partial charge in [0.25, 0.3) is 0 Å². The molecule has 1 aromatic carbocycles. The van der Waals surface area contributed by atoms with E-state index in [1.807, 2.05) is 6.07 Å². The first-order chi connectivity index (χ1) is 6.59. The predicted octanol–water partition coefficient (Wildman–Crippen LogP) is 2.80. The van der Waals surface area contributed by atoms with E-state index in [2.05, 4.69) is 5.32 Å². The fourth-order valence-electron chi connectivity index (χ4n) is 1.01. The summed E-state index contributed by atoms with van der Waals surface area (Å²) in [4.78, 5) is 10.2. The molecule has 1 rings (SSSR count). The molecule has 0 aliphatic carbocycles. The van der Waals surface area contributed by atoms with Crippen molar-refractivity contribution >= 4 is 29.3 Å². The van der Waals surface area contributed by atoms with Gasteiger partial charge in [0, 0.05) is 6.54 Å². The summed E-state index contributed by atoms with van der Waals surface area (Å²) in [6.07, 6.45) is -0.423. The summed E-state index contributed by atoms with van der Waals surface area (Å²) in [6, 6.07) is 5.24. The number of halogens is 2. The van der Waals surface area contributed by atoms with Crippen molar-refractivity contribution in [3.8, 4) is 0 Å². The second-order valence-electron chi connectivity index (χ2n) is 2.73. The molecular formula is C9H9Cl2NO2. The lowest BCUT2D eigenvalue weighted by atomic mass is 10.1. The molecule has 3 nitrogen and oxygen atoms in total. The van der Waals surface area contributed by atoms with Crippen LogP contribution in [0.1, 0.15) is 5.56 Å². The van der Waals surface area contributed by atoms with E-state index in [-0.39, 0.29) is 0 Å². The maximum atomic E-state index is 10.2. The second-order valence-corrected chi connectivity index (χ2v) is 3.54. The molecule has 0 heterocycles. The number of hydrogen-bond acceptors (Lipinski definition) is 1. The fourth-order valence-corrected chi connectivity index (χ4v) is 1.33. The molecule has 0 unspecified atom stereocenters. The number of carbonyl (C=O) groups is 1. The van der Waals surface area contributed by atoms with E-state index < -0.39 is 6.09 Å². The third-order valence-corrected chi connectivity index (χ3v) is 2.41. The molecule has 1 aromatic rings. The van der Waals surface area contributed by atoms with Crippen molar-refractivity contribution < 1.29 is 9.90 Å². The van der Waals surface area contributed by atoms with Crippen LogP contribution in [-0.4, -0.2) is 17.7 Å². The van der Waals surface area contributed by atoms with Gasteiger partial charge in [-0.25, -0.2) is 4.79 Å². The molecule has 0 aliphatic heterocycles. The molecule has 0 aromatic heterocycles. The van der Waals surface area contributed by atoms with Gasteiger partial charge < -0.3 is 10.4 Å². The smallest absolute Gasteiger partial charge is 0.404 e. The van der Waals surface area contributed by atoms with Crippen LogP contribution in [0.5, 0.6) is 0 Å². The number of amides is 1. The molecule has 0 radical (unpaired) electrons. The topological polar surface area (TPSA) is 49.3 Å². The lowest BCUT2D eigenvalue weighted by Crippen LogP contribution is -2.23. The van der Waals surface area contributed by atoms with Gasteiger partial charge in [0.15, 0.2) is 0 Å². The molecule has 0 saturated heterocycles. The first-order valence-electron chi connectivity index (χ1n) is 4.00. The van der Waals surface area contributed by atoms with Gasteiger partial charge in [0.05, 0.1) is 10.0 Å². The molecule has 0 fully saturated rings. The van der Waals surface area contributed by atoms with Gasteiger partial charge in [-0.15, -0.1) is 0 Å². The number of nitrogens with one attached hydrogen (secondary N) is 1. The third-order valence-electron chi connectivity index (χ3n) is 1.67. The van der Waals surface area contributed by atoms with Crippen LogP contribution in [0.25, 0.3) is 0 Å². The molecule has 1 amide bonds. The zero-order valence-corrected chi connectivity index (χ0v) is 8.77. The minimum atomic E-state index is -1.02. The Hall–Kier alpha value is -0.930. The van der Waals surface area contributed by atoms with Crippen molar-refractivity contribution in [2.45, 2.75) is 6.42 Å². The minimum Gasteiger partial charge on any atom is -0.465 e. The van der Waals surface area contributed by atoms with Crippen LogP contribution in [-0.2, 0) is 6.42 Å². The summed E-state index contributed by atoms with van der Waals surface area (Å²) < 4.78 is 0. The average Bonchev–Trinajstić information content (AvgIpc) is 2.10. The van der Waals surface area contributed by atoms with Crippen LogP contribution < -0.4 is 5.32 Å². The van der Waals surface area contributed by atoms with Crippen LogP contribution in [0, 0.1) is 0 Å². The fraction of sp³-hybridized carbons (Fsp3) is 0.222. The highest BCUT2D eigenvalue weighted by atomic mass is 35.5. The number of rotatable bonds is 3. The normalized spacial score (nSPS) is 9.86. The zero-order valence-electron chi connectivity index (χ0n) is 7.26. The Kier molecular flexibility index (Phi) is 4.04. The van der Waals surface area contributed by atoms with Crippen LogP contribution in [0.3, 0.4) is 0 Å². The Morgan fingerprint density at radius 2 is 2.07 bits per heavy atom. The largest absolute Gasteiger partial charge is 0.465 e. The van der Waals surface area contributed by atoms with Crippen LogP contribution in [0.4, 0.5) is 4.79 Å². The third kappa shape index (κ3) is 3.44. The molecule has 14 heavy (non-hydrogen) atoms. The molecule has 0 aliphatic rings. The van der Waals surface area contributed by atoms with E-state index in [1.54, 1.807) is 12.1 Å². The van der Waals surface area contributed by atoms with E-state index in [4.69, 9.17) is 28.3 Å². The number of hydrogen-bond donors (Lipinski definition) is 2. The molecule has 0 spiro atoms. The summed E-state index contributed by atoms with van der Waals surface area (Å²) in [6.45, 7) is 0.368. The van der Waals surface area contributed by atoms with E-state index >= 15 is 0 Å². The van der Waals surface area contributed by atoms with Gasteiger partial charge in [-0.3, -0.25) is 0 Å². The van der Waals surface area contributed by atoms with Crippen molar-refractivity contribution in [3.63, 3.8) is 0 Å². The molecule has 0 saturated carbocycles. The standard InChI is InChI=1S/C9H9Cl2NO2/c10-7-2-1-6(5-8(7)11)3-4-12-9(13)14/h1-2,5,12H,3-4H2,(H,13,14). The van der Waals surface area contributed by atoms with Crippen LogP contribution in [0.15, 0.2) is 18.2 Å². The zero-order chi connectivity index (χ0) is 10.6. The van der Waals surface area contributed by atoms with Crippen LogP contribution >= 0.6 is 23.2 Å². The first-order valence-corrected chi connectivity index (χ1v) is 4.76. The molecular weight excluding hydrogens is 225 g/mol. The highest BCUT2D eigenvalue weighted by molar-refractivity contribution is 6.42. The highest BCUT2D eigenvalue weighted by Gasteiger charge is 2.00. The molecule has 5 heteroatoms. The predicted molar refractivity (Wildman–Crippen MR) is 56.2 cm³/mol. The van der Waals surface area contributed by atoms with Crippen molar-refractivity contribution in [2.24, 2.45) is 0 Å². The maximum Gasteiger partial charge on any atom is 0.404 e. The highest BCUT2D eigenvalue weighted by Crippen LogP contribution is 2.22. The maximum absolute atomic E-state index is 10.2. The number of benzene rings is 1. The van der Waals surface area contributed by atoms with E-state index in [1.165, 1.54) is 0 Å². The first kappa shape index (κ1) is 11.1. The Morgan fingerprint density at radius 3 is 2.64 bits per heavy atom. The van der Waals surface area contributed by atoms with Crippen LogP contribution in [0.2, 0.25) is 10.0 Å². The lowest BCUT2D eigenvalue weighted by molar-refractivity contribution is 0.194. The van der Waals surface area contributed by atoms with Gasteiger partial charge in [-0.05, 0) is 24.1 Å². The lowest BCUT2D eigenvalue weighted by Gasteiger charge is -2.03. The van der Waals surface area contributed by atoms with Gasteiger partial charge in [0.1, 0.15) is 0 Å².